The van der Waals surface area contributed by atoms with Crippen LogP contribution in [0.25, 0.3) is 11.1 Å². The minimum Gasteiger partial charge on any atom is -0.480 e. The summed E-state index contributed by atoms with van der Waals surface area (Å²) in [4.78, 5) is 50.5. The number of rotatable bonds is 9. The number of carbonyl (C=O) groups excluding carboxylic acids is 3. The summed E-state index contributed by atoms with van der Waals surface area (Å²) in [5, 5.41) is 12.7. The van der Waals surface area contributed by atoms with Gasteiger partial charge in [0.1, 0.15) is 19.3 Å². The fourth-order valence-corrected chi connectivity index (χ4v) is 4.69. The van der Waals surface area contributed by atoms with Crippen LogP contribution in [0.1, 0.15) is 43.4 Å². The number of carboxylic acids is 1. The Bertz CT molecular complexity index is 1360. The molecule has 0 heterocycles. The maximum atomic E-state index is 13.2. The van der Waals surface area contributed by atoms with Crippen molar-refractivity contribution in [3.05, 3.63) is 95.6 Å². The summed E-state index contributed by atoms with van der Waals surface area (Å²) in [6.07, 6.45) is -1.87. The van der Waals surface area contributed by atoms with Crippen LogP contribution in [0.15, 0.2) is 78.9 Å². The molecule has 2 atom stereocenters. The van der Waals surface area contributed by atoms with E-state index in [1.165, 1.54) is 6.92 Å². The Kier molecular flexibility index (Phi) is 9.23. The lowest BCUT2D eigenvalue weighted by Gasteiger charge is -2.29. The van der Waals surface area contributed by atoms with Crippen LogP contribution in [0, 0.1) is 5.92 Å². The Balaban J connectivity index is 1.40. The number of hydrogen-bond acceptors (Lipinski definition) is 6. The summed E-state index contributed by atoms with van der Waals surface area (Å²) in [6, 6.07) is 22.1. The number of alkyl carbamates (subject to hydrolysis) is 1. The van der Waals surface area contributed by atoms with E-state index < -0.39 is 42.1 Å². The molecule has 0 saturated heterocycles. The molecule has 3 aromatic carbocycles. The van der Waals surface area contributed by atoms with Gasteiger partial charge in [-0.2, -0.15) is 0 Å². The maximum Gasteiger partial charge on any atom is 0.429 e. The summed E-state index contributed by atoms with van der Waals surface area (Å²) in [6.45, 7) is 4.57. The number of nitrogens with zero attached hydrogens (tertiary/aromatic N) is 1. The van der Waals surface area contributed by atoms with Crippen molar-refractivity contribution in [1.82, 2.24) is 15.8 Å². The zero-order chi connectivity index (χ0) is 29.5. The largest absolute Gasteiger partial charge is 0.480 e. The normalized spacial score (nSPS) is 13.4. The van der Waals surface area contributed by atoms with Crippen LogP contribution >= 0.6 is 0 Å². The Morgan fingerprint density at radius 1 is 0.829 bits per heavy atom. The molecule has 0 unspecified atom stereocenters. The molecule has 1 aliphatic rings. The minimum atomic E-state index is -1.44. The molecular weight excluding hydrogens is 526 g/mol. The molecule has 10 nitrogen and oxygen atoms in total. The van der Waals surface area contributed by atoms with Gasteiger partial charge in [0.2, 0.25) is 0 Å². The number of aliphatic carboxylic acids is 1. The van der Waals surface area contributed by atoms with Crippen LogP contribution in [0.3, 0.4) is 0 Å². The average Bonchev–Trinajstić information content (AvgIpc) is 3.29. The van der Waals surface area contributed by atoms with Crippen molar-refractivity contribution in [3.8, 4) is 11.1 Å². The van der Waals surface area contributed by atoms with Gasteiger partial charge >= 0.3 is 18.2 Å². The summed E-state index contributed by atoms with van der Waals surface area (Å²) in [5.74, 6) is -2.73. The van der Waals surface area contributed by atoms with Crippen LogP contribution in [-0.4, -0.2) is 52.9 Å². The fourth-order valence-electron chi connectivity index (χ4n) is 4.69. The molecule has 1 aliphatic carbocycles. The van der Waals surface area contributed by atoms with Gasteiger partial charge in [0.05, 0.1) is 0 Å². The summed E-state index contributed by atoms with van der Waals surface area (Å²) in [7, 11) is 0. The van der Waals surface area contributed by atoms with Crippen molar-refractivity contribution >= 4 is 24.1 Å². The van der Waals surface area contributed by atoms with E-state index in [9.17, 15) is 24.3 Å². The van der Waals surface area contributed by atoms with E-state index >= 15 is 0 Å². The maximum absolute atomic E-state index is 13.2. The van der Waals surface area contributed by atoms with Gasteiger partial charge in [-0.3, -0.25) is 10.2 Å². The van der Waals surface area contributed by atoms with E-state index in [4.69, 9.17) is 9.47 Å². The zero-order valence-electron chi connectivity index (χ0n) is 23.1. The molecule has 0 spiro atoms. The van der Waals surface area contributed by atoms with E-state index in [1.807, 2.05) is 48.5 Å². The molecule has 214 valence electrons. The second kappa shape index (κ2) is 13.0. The van der Waals surface area contributed by atoms with Gasteiger partial charge in [0, 0.05) is 5.92 Å². The number of ether oxygens (including phenoxy) is 2. The third-order valence-electron chi connectivity index (χ3n) is 6.94. The third-order valence-corrected chi connectivity index (χ3v) is 6.94. The monoisotopic (exact) mass is 559 g/mol. The highest BCUT2D eigenvalue weighted by Crippen LogP contribution is 2.44. The smallest absolute Gasteiger partial charge is 0.429 e. The summed E-state index contributed by atoms with van der Waals surface area (Å²) in [5.41, 5.74) is 7.27. The van der Waals surface area contributed by atoms with E-state index in [2.05, 4.69) is 10.7 Å². The van der Waals surface area contributed by atoms with Crippen molar-refractivity contribution in [1.29, 1.82) is 0 Å². The molecule has 41 heavy (non-hydrogen) atoms. The first-order valence-corrected chi connectivity index (χ1v) is 13.3. The van der Waals surface area contributed by atoms with Gasteiger partial charge in [0.15, 0.2) is 6.04 Å². The second-order valence-electron chi connectivity index (χ2n) is 10.1. The third kappa shape index (κ3) is 6.84. The molecule has 3 N–H and O–H groups in total. The number of fused-ring (bicyclic) bond motifs is 3. The molecule has 10 heteroatoms. The van der Waals surface area contributed by atoms with Gasteiger partial charge in [-0.1, -0.05) is 92.7 Å². The quantitative estimate of drug-likeness (QED) is 0.324. The average molecular weight is 560 g/mol. The van der Waals surface area contributed by atoms with Crippen molar-refractivity contribution in [2.24, 2.45) is 5.92 Å². The second-order valence-corrected chi connectivity index (χ2v) is 10.1. The SMILES string of the molecule is CC(C)[C@H](NC(=O)OCC1c2ccccc2-c2ccccc21)C(=O)NN(C(=O)OCc1ccccc1)[C@@H](C)C(=O)O. The van der Waals surface area contributed by atoms with E-state index in [-0.39, 0.29) is 19.1 Å². The van der Waals surface area contributed by atoms with E-state index in [0.29, 0.717) is 10.6 Å². The molecule has 0 aromatic heterocycles. The first kappa shape index (κ1) is 29.1. The Morgan fingerprint density at radius 3 is 1.95 bits per heavy atom. The van der Waals surface area contributed by atoms with E-state index in [0.717, 1.165) is 22.3 Å². The lowest BCUT2D eigenvalue weighted by atomic mass is 9.98. The zero-order valence-corrected chi connectivity index (χ0v) is 23.1. The van der Waals surface area contributed by atoms with Crippen LogP contribution in [0.4, 0.5) is 9.59 Å². The highest BCUT2D eigenvalue weighted by atomic mass is 16.6. The predicted octanol–water partition coefficient (Wildman–Crippen LogP) is 4.69. The van der Waals surface area contributed by atoms with Crippen LogP contribution < -0.4 is 10.7 Å². The number of benzene rings is 3. The molecule has 0 fully saturated rings. The first-order valence-electron chi connectivity index (χ1n) is 13.3. The van der Waals surface area contributed by atoms with Crippen molar-refractivity contribution in [2.75, 3.05) is 6.61 Å². The lowest BCUT2D eigenvalue weighted by Crippen LogP contribution is -2.59. The number of hydrazine groups is 1. The molecule has 0 saturated carbocycles. The van der Waals surface area contributed by atoms with Crippen molar-refractivity contribution < 1.29 is 33.8 Å². The lowest BCUT2D eigenvalue weighted by molar-refractivity contribution is -0.145. The molecule has 3 amide bonds. The molecule has 0 aliphatic heterocycles. The fraction of sp³-hybridized carbons (Fsp3) is 0.290. The minimum absolute atomic E-state index is 0.0558. The van der Waals surface area contributed by atoms with E-state index in [1.54, 1.807) is 44.2 Å². The van der Waals surface area contributed by atoms with Crippen LogP contribution in [0.5, 0.6) is 0 Å². The van der Waals surface area contributed by atoms with Gasteiger partial charge in [-0.15, -0.1) is 0 Å². The molecule has 0 bridgehead atoms. The number of hydrogen-bond donors (Lipinski definition) is 3. The Labute approximate surface area is 238 Å². The standard InChI is InChI=1S/C31H33N3O7/c1-19(2)27(28(35)33-34(20(3)29(36)37)31(39)41-17-21-11-5-4-6-12-21)32-30(38)40-18-26-24-15-9-7-13-22(24)23-14-8-10-16-25(23)26/h4-16,19-20,26-27H,17-18H2,1-3H3,(H,32,38)(H,33,35)(H,36,37)/t20-,27-/m0/s1. The number of carboxylic acid groups (broad SMARTS) is 1. The van der Waals surface area contributed by atoms with Crippen LogP contribution in [-0.2, 0) is 25.7 Å². The van der Waals surface area contributed by atoms with Gasteiger partial charge in [0.25, 0.3) is 5.91 Å². The Morgan fingerprint density at radius 2 is 1.39 bits per heavy atom. The molecule has 4 rings (SSSR count). The molecule has 3 aromatic rings. The predicted molar refractivity (Wildman–Crippen MR) is 151 cm³/mol. The van der Waals surface area contributed by atoms with Crippen LogP contribution in [0.2, 0.25) is 0 Å². The van der Waals surface area contributed by atoms with Crippen molar-refractivity contribution in [2.45, 2.75) is 45.4 Å². The number of carbonyl (C=O) groups is 4. The van der Waals surface area contributed by atoms with Crippen molar-refractivity contribution in [3.63, 3.8) is 0 Å². The van der Waals surface area contributed by atoms with Gasteiger partial charge in [-0.05, 0) is 40.7 Å². The molecule has 0 radical (unpaired) electrons. The molecular formula is C31H33N3O7. The highest BCUT2D eigenvalue weighted by molar-refractivity contribution is 5.88. The topological polar surface area (TPSA) is 134 Å². The first-order chi connectivity index (χ1) is 19.7. The highest BCUT2D eigenvalue weighted by Gasteiger charge is 2.34. The number of amides is 3. The Hall–Kier alpha value is -4.86. The summed E-state index contributed by atoms with van der Waals surface area (Å²) >= 11 is 0. The van der Waals surface area contributed by atoms with Gasteiger partial charge in [-0.25, -0.2) is 19.4 Å². The summed E-state index contributed by atoms with van der Waals surface area (Å²) < 4.78 is 10.8. The number of nitrogens with one attached hydrogen (secondary N) is 2. The van der Waals surface area contributed by atoms with Gasteiger partial charge < -0.3 is 19.9 Å².